The number of halogens is 2. The van der Waals surface area contributed by atoms with E-state index < -0.39 is 0 Å². The molecule has 17 heavy (non-hydrogen) atoms. The van der Waals surface area contributed by atoms with Gasteiger partial charge in [0.2, 0.25) is 0 Å². The van der Waals surface area contributed by atoms with E-state index in [0.29, 0.717) is 27.8 Å². The van der Waals surface area contributed by atoms with Gasteiger partial charge in [-0.15, -0.1) is 0 Å². The van der Waals surface area contributed by atoms with E-state index in [-0.39, 0.29) is 11.5 Å². The highest BCUT2D eigenvalue weighted by atomic mass is 79.9. The molecule has 0 fully saturated rings. The molecule has 1 aromatic heterocycles. The van der Waals surface area contributed by atoms with Crippen molar-refractivity contribution in [1.29, 1.82) is 0 Å². The van der Waals surface area contributed by atoms with Gasteiger partial charge >= 0.3 is 0 Å². The number of hydrogen-bond donors (Lipinski definition) is 0. The fraction of sp³-hybridized carbons (Fsp3) is 0.0833. The van der Waals surface area contributed by atoms with Gasteiger partial charge in [0.15, 0.2) is 12.1 Å². The molecule has 0 spiro atoms. The van der Waals surface area contributed by atoms with E-state index >= 15 is 0 Å². The maximum atomic E-state index is 13.2. The van der Waals surface area contributed by atoms with Crippen LogP contribution in [0.5, 0.6) is 0 Å². The van der Waals surface area contributed by atoms with Crippen LogP contribution in [0.25, 0.3) is 11.4 Å². The van der Waals surface area contributed by atoms with Crippen molar-refractivity contribution < 1.29 is 9.18 Å². The molecule has 5 heteroatoms. The number of nitrogens with zero attached hydrogens (tertiary/aromatic N) is 2. The number of aldehydes is 1. The summed E-state index contributed by atoms with van der Waals surface area (Å²) in [5.74, 6) is -0.0422. The van der Waals surface area contributed by atoms with Crippen molar-refractivity contribution in [2.75, 3.05) is 0 Å². The third-order valence-electron chi connectivity index (χ3n) is 2.12. The van der Waals surface area contributed by atoms with E-state index in [4.69, 9.17) is 0 Å². The fourth-order valence-electron chi connectivity index (χ4n) is 1.47. The van der Waals surface area contributed by atoms with Crippen molar-refractivity contribution >= 4 is 22.2 Å². The van der Waals surface area contributed by atoms with Gasteiger partial charge < -0.3 is 0 Å². The number of carbonyl (C=O) groups is 1. The molecule has 0 N–H and O–H groups in total. The van der Waals surface area contributed by atoms with Gasteiger partial charge in [0.05, 0.1) is 0 Å². The molecule has 2 aromatic rings. The average Bonchev–Trinajstić information content (AvgIpc) is 2.26. The highest BCUT2D eigenvalue weighted by molar-refractivity contribution is 9.10. The lowest BCUT2D eigenvalue weighted by molar-refractivity contribution is 0.111. The first kappa shape index (κ1) is 11.9. The standard InChI is InChI=1S/C12H8BrFN2O/c1-7-2-11(6-17)16-12(15-7)8-3-9(13)5-10(14)4-8/h2-6H,1H3. The summed E-state index contributed by atoms with van der Waals surface area (Å²) in [4.78, 5) is 18.9. The number of aromatic nitrogens is 2. The van der Waals surface area contributed by atoms with E-state index in [0.717, 1.165) is 0 Å². The summed E-state index contributed by atoms with van der Waals surface area (Å²) in [6.45, 7) is 1.76. The van der Waals surface area contributed by atoms with Crippen LogP contribution in [0.2, 0.25) is 0 Å². The number of hydrogen-bond acceptors (Lipinski definition) is 3. The number of rotatable bonds is 2. The zero-order chi connectivity index (χ0) is 12.4. The highest BCUT2D eigenvalue weighted by Crippen LogP contribution is 2.22. The summed E-state index contributed by atoms with van der Waals surface area (Å²) >= 11 is 3.20. The van der Waals surface area contributed by atoms with Gasteiger partial charge in [-0.2, -0.15) is 0 Å². The van der Waals surface area contributed by atoms with Gasteiger partial charge in [0, 0.05) is 15.7 Å². The minimum atomic E-state index is -0.382. The van der Waals surface area contributed by atoms with Crippen LogP contribution in [0.15, 0.2) is 28.7 Å². The van der Waals surface area contributed by atoms with Crippen molar-refractivity contribution in [2.45, 2.75) is 6.92 Å². The highest BCUT2D eigenvalue weighted by Gasteiger charge is 2.07. The van der Waals surface area contributed by atoms with E-state index in [1.165, 1.54) is 12.1 Å². The zero-order valence-electron chi connectivity index (χ0n) is 8.95. The average molecular weight is 295 g/mol. The minimum absolute atomic E-state index is 0.285. The summed E-state index contributed by atoms with van der Waals surface area (Å²) in [6.07, 6.45) is 0.645. The van der Waals surface area contributed by atoms with Crippen LogP contribution in [0.4, 0.5) is 4.39 Å². The molecule has 0 saturated carbocycles. The molecule has 0 amide bonds. The normalized spacial score (nSPS) is 10.3. The van der Waals surface area contributed by atoms with Gasteiger partial charge in [0.25, 0.3) is 0 Å². The van der Waals surface area contributed by atoms with Crippen LogP contribution < -0.4 is 0 Å². The molecule has 0 aliphatic carbocycles. The van der Waals surface area contributed by atoms with Crippen LogP contribution in [-0.2, 0) is 0 Å². The molecule has 0 aliphatic rings. The van der Waals surface area contributed by atoms with Gasteiger partial charge in [-0.3, -0.25) is 4.79 Å². The lowest BCUT2D eigenvalue weighted by Gasteiger charge is -2.03. The summed E-state index contributed by atoms with van der Waals surface area (Å²) in [7, 11) is 0. The molecule has 0 radical (unpaired) electrons. The van der Waals surface area contributed by atoms with E-state index in [1.54, 1.807) is 19.1 Å². The maximum absolute atomic E-state index is 13.2. The number of carbonyl (C=O) groups excluding carboxylic acids is 1. The van der Waals surface area contributed by atoms with E-state index in [2.05, 4.69) is 25.9 Å². The molecular weight excluding hydrogens is 287 g/mol. The molecule has 86 valence electrons. The Balaban J connectivity index is 2.59. The van der Waals surface area contributed by atoms with Crippen molar-refractivity contribution in [3.05, 3.63) is 45.9 Å². The predicted octanol–water partition coefficient (Wildman–Crippen LogP) is 3.17. The second-order valence-electron chi connectivity index (χ2n) is 3.53. The third-order valence-corrected chi connectivity index (χ3v) is 2.57. The molecule has 0 atom stereocenters. The van der Waals surface area contributed by atoms with E-state index in [9.17, 15) is 9.18 Å². The van der Waals surface area contributed by atoms with Gasteiger partial charge in [-0.25, -0.2) is 14.4 Å². The van der Waals surface area contributed by atoms with Crippen LogP contribution in [-0.4, -0.2) is 16.3 Å². The fourth-order valence-corrected chi connectivity index (χ4v) is 1.93. The topological polar surface area (TPSA) is 42.9 Å². The first-order valence-corrected chi connectivity index (χ1v) is 5.65. The number of benzene rings is 1. The summed E-state index contributed by atoms with van der Waals surface area (Å²) in [6, 6.07) is 5.95. The zero-order valence-corrected chi connectivity index (χ0v) is 10.5. The van der Waals surface area contributed by atoms with Gasteiger partial charge in [-0.1, -0.05) is 15.9 Å². The summed E-state index contributed by atoms with van der Waals surface area (Å²) < 4.78 is 13.8. The van der Waals surface area contributed by atoms with Crippen molar-refractivity contribution in [2.24, 2.45) is 0 Å². The molecule has 2 rings (SSSR count). The van der Waals surface area contributed by atoms with Gasteiger partial charge in [-0.05, 0) is 31.2 Å². The second kappa shape index (κ2) is 4.71. The quantitative estimate of drug-likeness (QED) is 0.799. The third kappa shape index (κ3) is 2.74. The van der Waals surface area contributed by atoms with Crippen LogP contribution >= 0.6 is 15.9 Å². The predicted molar refractivity (Wildman–Crippen MR) is 65.3 cm³/mol. The second-order valence-corrected chi connectivity index (χ2v) is 4.45. The number of aryl methyl sites for hydroxylation is 1. The summed E-state index contributed by atoms with van der Waals surface area (Å²) in [5.41, 5.74) is 1.48. The first-order valence-electron chi connectivity index (χ1n) is 4.86. The molecule has 0 aliphatic heterocycles. The Labute approximate surface area is 106 Å². The Morgan fingerprint density at radius 1 is 1.24 bits per heavy atom. The monoisotopic (exact) mass is 294 g/mol. The van der Waals surface area contributed by atoms with Gasteiger partial charge in [0.1, 0.15) is 11.5 Å². The van der Waals surface area contributed by atoms with Crippen molar-refractivity contribution in [1.82, 2.24) is 9.97 Å². The Kier molecular flexibility index (Phi) is 3.28. The Morgan fingerprint density at radius 3 is 2.65 bits per heavy atom. The van der Waals surface area contributed by atoms with Crippen molar-refractivity contribution in [3.8, 4) is 11.4 Å². The molecule has 1 aromatic carbocycles. The van der Waals surface area contributed by atoms with Crippen LogP contribution in [0.1, 0.15) is 16.2 Å². The minimum Gasteiger partial charge on any atom is -0.296 e. The van der Waals surface area contributed by atoms with Crippen LogP contribution in [0, 0.1) is 12.7 Å². The lowest BCUT2D eigenvalue weighted by Crippen LogP contribution is -1.97. The molecular formula is C12H8BrFN2O. The molecule has 0 unspecified atom stereocenters. The molecule has 3 nitrogen and oxygen atoms in total. The summed E-state index contributed by atoms with van der Waals surface area (Å²) in [5, 5.41) is 0. The largest absolute Gasteiger partial charge is 0.296 e. The Bertz CT molecular complexity index is 566. The molecule has 0 bridgehead atoms. The smallest absolute Gasteiger partial charge is 0.168 e. The molecule has 0 saturated heterocycles. The first-order chi connectivity index (χ1) is 8.08. The Morgan fingerprint density at radius 2 is 2.00 bits per heavy atom. The SMILES string of the molecule is Cc1cc(C=O)nc(-c2cc(F)cc(Br)c2)n1. The van der Waals surface area contributed by atoms with Crippen molar-refractivity contribution in [3.63, 3.8) is 0 Å². The Hall–Kier alpha value is -1.62. The van der Waals surface area contributed by atoms with E-state index in [1.807, 2.05) is 0 Å². The maximum Gasteiger partial charge on any atom is 0.168 e. The molecule has 1 heterocycles. The lowest BCUT2D eigenvalue weighted by atomic mass is 10.2. The van der Waals surface area contributed by atoms with Crippen LogP contribution in [0.3, 0.4) is 0 Å².